The van der Waals surface area contributed by atoms with Gasteiger partial charge in [-0.25, -0.2) is 4.79 Å². The van der Waals surface area contributed by atoms with Crippen molar-refractivity contribution in [2.75, 3.05) is 0 Å². The number of oxime groups is 1. The highest BCUT2D eigenvalue weighted by Gasteiger charge is 2.16. The van der Waals surface area contributed by atoms with Gasteiger partial charge in [-0.2, -0.15) is 0 Å². The van der Waals surface area contributed by atoms with Crippen molar-refractivity contribution in [1.29, 1.82) is 5.41 Å². The van der Waals surface area contributed by atoms with Gasteiger partial charge in [-0.15, -0.1) is 0 Å². The highest BCUT2D eigenvalue weighted by molar-refractivity contribution is 6.12. The van der Waals surface area contributed by atoms with Crippen LogP contribution in [0.4, 0.5) is 0 Å². The summed E-state index contributed by atoms with van der Waals surface area (Å²) in [6.07, 6.45) is 0. The van der Waals surface area contributed by atoms with Crippen molar-refractivity contribution in [2.45, 2.75) is 13.8 Å². The minimum atomic E-state index is -0.508. The van der Waals surface area contributed by atoms with Crippen LogP contribution < -0.4 is 0 Å². The number of rotatable bonds is 6. The Bertz CT molecular complexity index is 978. The monoisotopic (exact) mass is 370 g/mol. The Morgan fingerprint density at radius 3 is 1.96 bits per heavy atom. The molecule has 0 heterocycles. The van der Waals surface area contributed by atoms with Crippen molar-refractivity contribution in [1.82, 2.24) is 0 Å². The molecule has 0 saturated carbocycles. The van der Waals surface area contributed by atoms with Crippen LogP contribution in [0.1, 0.15) is 29.8 Å². The molecule has 0 fully saturated rings. The van der Waals surface area contributed by atoms with E-state index in [1.807, 2.05) is 55.5 Å². The highest BCUT2D eigenvalue weighted by Crippen LogP contribution is 2.20. The van der Waals surface area contributed by atoms with Gasteiger partial charge in [0, 0.05) is 11.6 Å². The SMILES string of the molecule is C/C(=N\OC(=O)c1ccccc1)C(C)C(=N)c1ccc(-c2ccccc2)cc1. The molecule has 3 aromatic carbocycles. The molecule has 140 valence electrons. The van der Waals surface area contributed by atoms with Crippen LogP contribution in [0.2, 0.25) is 0 Å². The lowest BCUT2D eigenvalue weighted by atomic mass is 9.93. The van der Waals surface area contributed by atoms with E-state index >= 15 is 0 Å². The molecule has 28 heavy (non-hydrogen) atoms. The Morgan fingerprint density at radius 1 is 0.821 bits per heavy atom. The second-order valence-corrected chi connectivity index (χ2v) is 6.56. The van der Waals surface area contributed by atoms with E-state index in [0.29, 0.717) is 17.0 Å². The van der Waals surface area contributed by atoms with Crippen molar-refractivity contribution >= 4 is 17.4 Å². The lowest BCUT2D eigenvalue weighted by Gasteiger charge is -2.13. The normalized spacial score (nSPS) is 12.3. The molecule has 0 radical (unpaired) electrons. The van der Waals surface area contributed by atoms with Gasteiger partial charge >= 0.3 is 5.97 Å². The zero-order chi connectivity index (χ0) is 19.9. The van der Waals surface area contributed by atoms with Crippen molar-refractivity contribution in [3.8, 4) is 11.1 Å². The first-order chi connectivity index (χ1) is 13.6. The predicted octanol–water partition coefficient (Wildman–Crippen LogP) is 5.59. The van der Waals surface area contributed by atoms with E-state index in [2.05, 4.69) is 17.3 Å². The summed E-state index contributed by atoms with van der Waals surface area (Å²) in [6, 6.07) is 26.7. The fraction of sp³-hybridized carbons (Fsp3) is 0.125. The molecule has 4 nitrogen and oxygen atoms in total. The summed E-state index contributed by atoms with van der Waals surface area (Å²) in [4.78, 5) is 17.0. The lowest BCUT2D eigenvalue weighted by molar-refractivity contribution is 0.0514. The molecule has 0 spiro atoms. The second-order valence-electron chi connectivity index (χ2n) is 6.56. The number of nitrogens with one attached hydrogen (secondary N) is 1. The Kier molecular flexibility index (Phi) is 6.12. The Labute approximate surface area is 165 Å². The van der Waals surface area contributed by atoms with Gasteiger partial charge < -0.3 is 10.2 Å². The van der Waals surface area contributed by atoms with Crippen molar-refractivity contribution in [3.05, 3.63) is 96.1 Å². The van der Waals surface area contributed by atoms with E-state index in [-0.39, 0.29) is 5.92 Å². The van der Waals surface area contributed by atoms with Crippen LogP contribution in [-0.2, 0) is 4.84 Å². The molecule has 0 saturated heterocycles. The molecular formula is C24H22N2O2. The number of hydrogen-bond acceptors (Lipinski definition) is 4. The minimum absolute atomic E-state index is 0.272. The van der Waals surface area contributed by atoms with Gasteiger partial charge in [0.25, 0.3) is 0 Å². The van der Waals surface area contributed by atoms with Gasteiger partial charge in [0.1, 0.15) is 0 Å². The fourth-order valence-corrected chi connectivity index (χ4v) is 2.75. The van der Waals surface area contributed by atoms with E-state index in [0.717, 1.165) is 16.7 Å². The van der Waals surface area contributed by atoms with Crippen LogP contribution >= 0.6 is 0 Å². The summed E-state index contributed by atoms with van der Waals surface area (Å²) in [5, 5.41) is 12.4. The summed E-state index contributed by atoms with van der Waals surface area (Å²) < 4.78 is 0. The molecule has 3 aromatic rings. The smallest absolute Gasteiger partial charge is 0.313 e. The third-order valence-corrected chi connectivity index (χ3v) is 4.64. The average Bonchev–Trinajstić information content (AvgIpc) is 2.77. The third-order valence-electron chi connectivity index (χ3n) is 4.64. The molecule has 4 heteroatoms. The standard InChI is InChI=1S/C24H22N2O2/c1-17(18(2)26-28-24(27)22-11-7-4-8-12-22)23(25)21-15-13-20(14-16-21)19-9-5-3-6-10-19/h3-17,25H,1-2H3/b25-23?,26-18+. The van der Waals surface area contributed by atoms with Gasteiger partial charge in [0.15, 0.2) is 0 Å². The molecule has 0 amide bonds. The van der Waals surface area contributed by atoms with Crippen LogP contribution in [0.5, 0.6) is 0 Å². The van der Waals surface area contributed by atoms with Gasteiger partial charge in [-0.05, 0) is 35.7 Å². The molecule has 0 aliphatic rings. The summed E-state index contributed by atoms with van der Waals surface area (Å²) in [5.41, 5.74) is 4.50. The van der Waals surface area contributed by atoms with Crippen molar-refractivity contribution in [2.24, 2.45) is 11.1 Å². The third kappa shape index (κ3) is 4.60. The maximum Gasteiger partial charge on any atom is 0.365 e. The maximum atomic E-state index is 12.0. The molecule has 0 aliphatic heterocycles. The predicted molar refractivity (Wildman–Crippen MR) is 113 cm³/mol. The van der Waals surface area contributed by atoms with Crippen LogP contribution in [0.15, 0.2) is 90.1 Å². The maximum absolute atomic E-state index is 12.0. The van der Waals surface area contributed by atoms with E-state index in [1.54, 1.807) is 31.2 Å². The number of nitrogens with zero attached hydrogens (tertiary/aromatic N) is 1. The topological polar surface area (TPSA) is 62.5 Å². The quantitative estimate of drug-likeness (QED) is 0.349. The Balaban J connectivity index is 1.67. The van der Waals surface area contributed by atoms with Gasteiger partial charge in [0.2, 0.25) is 0 Å². The minimum Gasteiger partial charge on any atom is -0.313 e. The lowest BCUT2D eigenvalue weighted by Crippen LogP contribution is -2.20. The zero-order valence-electron chi connectivity index (χ0n) is 15.9. The van der Waals surface area contributed by atoms with Crippen LogP contribution in [0.3, 0.4) is 0 Å². The van der Waals surface area contributed by atoms with Crippen LogP contribution in [0, 0.1) is 11.3 Å². The van der Waals surface area contributed by atoms with E-state index in [9.17, 15) is 4.79 Å². The first-order valence-electron chi connectivity index (χ1n) is 9.11. The molecule has 0 aromatic heterocycles. The van der Waals surface area contributed by atoms with Crippen LogP contribution in [0.25, 0.3) is 11.1 Å². The van der Waals surface area contributed by atoms with E-state index in [4.69, 9.17) is 10.2 Å². The summed E-state index contributed by atoms with van der Waals surface area (Å²) in [5.74, 6) is -0.781. The molecule has 1 atom stereocenters. The number of carbonyl (C=O) groups is 1. The van der Waals surface area contributed by atoms with Crippen molar-refractivity contribution in [3.63, 3.8) is 0 Å². The van der Waals surface area contributed by atoms with E-state index in [1.165, 1.54) is 0 Å². The summed E-state index contributed by atoms with van der Waals surface area (Å²) in [6.45, 7) is 3.64. The Hall–Kier alpha value is -3.53. The number of benzene rings is 3. The summed E-state index contributed by atoms with van der Waals surface area (Å²) >= 11 is 0. The van der Waals surface area contributed by atoms with Gasteiger partial charge in [-0.1, -0.05) is 84.9 Å². The van der Waals surface area contributed by atoms with Crippen molar-refractivity contribution < 1.29 is 9.63 Å². The second kappa shape index (κ2) is 8.91. The Morgan fingerprint density at radius 2 is 1.36 bits per heavy atom. The van der Waals surface area contributed by atoms with Gasteiger partial charge in [-0.3, -0.25) is 0 Å². The fourth-order valence-electron chi connectivity index (χ4n) is 2.75. The molecular weight excluding hydrogens is 348 g/mol. The number of carbonyl (C=O) groups excluding carboxylic acids is 1. The first kappa shape index (κ1) is 19.2. The van der Waals surface area contributed by atoms with Gasteiger partial charge in [0.05, 0.1) is 11.3 Å². The molecule has 1 N–H and O–H groups in total. The van der Waals surface area contributed by atoms with E-state index < -0.39 is 5.97 Å². The average molecular weight is 370 g/mol. The molecule has 0 bridgehead atoms. The zero-order valence-corrected chi connectivity index (χ0v) is 15.9. The molecule has 1 unspecified atom stereocenters. The van der Waals surface area contributed by atoms with Crippen LogP contribution in [-0.4, -0.2) is 17.4 Å². The molecule has 3 rings (SSSR count). The highest BCUT2D eigenvalue weighted by atomic mass is 16.7. The number of hydrogen-bond donors (Lipinski definition) is 1. The summed E-state index contributed by atoms with van der Waals surface area (Å²) in [7, 11) is 0. The largest absolute Gasteiger partial charge is 0.365 e. The molecule has 0 aliphatic carbocycles. The first-order valence-corrected chi connectivity index (χ1v) is 9.11.